The van der Waals surface area contributed by atoms with Crippen LogP contribution in [0.2, 0.25) is 0 Å². The maximum absolute atomic E-state index is 5.65. The molecule has 1 unspecified atom stereocenters. The molecule has 2 N–H and O–H groups in total. The van der Waals surface area contributed by atoms with Crippen LogP contribution in [0, 0.1) is 0 Å². The number of methoxy groups -OCH3 is 2. The van der Waals surface area contributed by atoms with Gasteiger partial charge in [-0.05, 0) is 36.4 Å². The minimum atomic E-state index is 0.373. The molecule has 1 aromatic carbocycles. The first-order valence-corrected chi connectivity index (χ1v) is 6.51. The second kappa shape index (κ2) is 6.64. The number of nitrogens with two attached hydrogens (primary N) is 1. The summed E-state index contributed by atoms with van der Waals surface area (Å²) in [5.74, 6) is 2.48. The van der Waals surface area contributed by atoms with Crippen molar-refractivity contribution in [3.63, 3.8) is 0 Å². The molecule has 1 aromatic rings. The highest BCUT2D eigenvalue weighted by Gasteiger charge is 2.18. The van der Waals surface area contributed by atoms with Crippen LogP contribution in [0.3, 0.4) is 0 Å². The molecule has 0 radical (unpaired) electrons. The topological polar surface area (TPSA) is 44.5 Å². The SMILES string of the molecule is COc1cc(C(C)C)cc(C(C)CCN)c1OC. The average Bonchev–Trinajstić information content (AvgIpc) is 2.37. The fraction of sp³-hybridized carbons (Fsp3) is 0.600. The number of benzene rings is 1. The van der Waals surface area contributed by atoms with Gasteiger partial charge in [-0.25, -0.2) is 0 Å². The van der Waals surface area contributed by atoms with E-state index in [1.807, 2.05) is 0 Å². The van der Waals surface area contributed by atoms with Gasteiger partial charge in [0.05, 0.1) is 14.2 Å². The Balaban J connectivity index is 3.30. The summed E-state index contributed by atoms with van der Waals surface area (Å²) < 4.78 is 10.9. The van der Waals surface area contributed by atoms with Crippen LogP contribution in [0.4, 0.5) is 0 Å². The molecule has 3 nitrogen and oxygen atoms in total. The van der Waals surface area contributed by atoms with Crippen LogP contribution in [0.15, 0.2) is 12.1 Å². The van der Waals surface area contributed by atoms with E-state index in [1.54, 1.807) is 14.2 Å². The van der Waals surface area contributed by atoms with Crippen LogP contribution >= 0.6 is 0 Å². The highest BCUT2D eigenvalue weighted by molar-refractivity contribution is 5.51. The Morgan fingerprint density at radius 3 is 2.22 bits per heavy atom. The van der Waals surface area contributed by atoms with Crippen LogP contribution in [-0.2, 0) is 0 Å². The van der Waals surface area contributed by atoms with Crippen molar-refractivity contribution in [1.29, 1.82) is 0 Å². The summed E-state index contributed by atoms with van der Waals surface area (Å²) in [5.41, 5.74) is 8.11. The predicted octanol–water partition coefficient (Wildman–Crippen LogP) is 3.28. The second-order valence-electron chi connectivity index (χ2n) is 4.98. The average molecular weight is 251 g/mol. The minimum Gasteiger partial charge on any atom is -0.493 e. The Morgan fingerprint density at radius 2 is 1.78 bits per heavy atom. The zero-order valence-corrected chi connectivity index (χ0v) is 12.1. The number of hydrogen-bond acceptors (Lipinski definition) is 3. The molecule has 0 heterocycles. The maximum Gasteiger partial charge on any atom is 0.164 e. The lowest BCUT2D eigenvalue weighted by Gasteiger charge is -2.20. The Bertz CT molecular complexity index is 388. The van der Waals surface area contributed by atoms with E-state index in [2.05, 4.69) is 32.9 Å². The van der Waals surface area contributed by atoms with Gasteiger partial charge in [-0.2, -0.15) is 0 Å². The van der Waals surface area contributed by atoms with E-state index in [0.717, 1.165) is 17.9 Å². The number of hydrogen-bond donors (Lipinski definition) is 1. The molecule has 0 spiro atoms. The molecule has 0 saturated heterocycles. The zero-order chi connectivity index (χ0) is 13.7. The van der Waals surface area contributed by atoms with Gasteiger partial charge in [0.25, 0.3) is 0 Å². The lowest BCUT2D eigenvalue weighted by Crippen LogP contribution is -2.07. The standard InChI is InChI=1S/C15H25NO2/c1-10(2)12-8-13(11(3)6-7-16)15(18-5)14(9-12)17-4/h8-11H,6-7,16H2,1-5H3. The molecule has 0 saturated carbocycles. The van der Waals surface area contributed by atoms with Crippen molar-refractivity contribution in [2.45, 2.75) is 39.0 Å². The van der Waals surface area contributed by atoms with Crippen molar-refractivity contribution in [1.82, 2.24) is 0 Å². The molecule has 1 rings (SSSR count). The molecule has 0 bridgehead atoms. The molecule has 0 amide bonds. The second-order valence-corrected chi connectivity index (χ2v) is 4.98. The smallest absolute Gasteiger partial charge is 0.164 e. The monoisotopic (exact) mass is 251 g/mol. The molecule has 0 aliphatic rings. The number of rotatable bonds is 6. The Kier molecular flexibility index (Phi) is 5.48. The molecule has 18 heavy (non-hydrogen) atoms. The van der Waals surface area contributed by atoms with E-state index in [1.165, 1.54) is 11.1 Å². The first kappa shape index (κ1) is 14.8. The highest BCUT2D eigenvalue weighted by Crippen LogP contribution is 2.39. The van der Waals surface area contributed by atoms with E-state index in [4.69, 9.17) is 15.2 Å². The first-order chi connectivity index (χ1) is 8.54. The van der Waals surface area contributed by atoms with Crippen LogP contribution in [0.5, 0.6) is 11.5 Å². The van der Waals surface area contributed by atoms with Crippen molar-refractivity contribution < 1.29 is 9.47 Å². The van der Waals surface area contributed by atoms with Gasteiger partial charge in [0.2, 0.25) is 0 Å². The maximum atomic E-state index is 5.65. The summed E-state index contributed by atoms with van der Waals surface area (Å²) in [7, 11) is 3.37. The molecular formula is C15H25NO2. The lowest BCUT2D eigenvalue weighted by atomic mass is 9.91. The lowest BCUT2D eigenvalue weighted by molar-refractivity contribution is 0.348. The van der Waals surface area contributed by atoms with Gasteiger partial charge in [-0.1, -0.05) is 26.8 Å². The summed E-state index contributed by atoms with van der Waals surface area (Å²) in [4.78, 5) is 0. The summed E-state index contributed by atoms with van der Waals surface area (Å²) in [6.07, 6.45) is 0.945. The van der Waals surface area contributed by atoms with Gasteiger partial charge in [0, 0.05) is 5.56 Å². The summed E-state index contributed by atoms with van der Waals surface area (Å²) in [6, 6.07) is 4.27. The van der Waals surface area contributed by atoms with Gasteiger partial charge in [-0.15, -0.1) is 0 Å². The van der Waals surface area contributed by atoms with Gasteiger partial charge >= 0.3 is 0 Å². The summed E-state index contributed by atoms with van der Waals surface area (Å²) in [6.45, 7) is 7.21. The molecule has 1 atom stereocenters. The molecule has 0 aromatic heterocycles. The summed E-state index contributed by atoms with van der Waals surface area (Å²) in [5, 5.41) is 0. The molecule has 0 aliphatic carbocycles. The third kappa shape index (κ3) is 3.16. The van der Waals surface area contributed by atoms with E-state index in [-0.39, 0.29) is 0 Å². The van der Waals surface area contributed by atoms with E-state index >= 15 is 0 Å². The molecule has 3 heteroatoms. The largest absolute Gasteiger partial charge is 0.493 e. The van der Waals surface area contributed by atoms with E-state index in [9.17, 15) is 0 Å². The number of ether oxygens (including phenoxy) is 2. The van der Waals surface area contributed by atoms with Gasteiger partial charge in [-0.3, -0.25) is 0 Å². The van der Waals surface area contributed by atoms with Crippen LogP contribution in [0.1, 0.15) is 50.2 Å². The summed E-state index contributed by atoms with van der Waals surface area (Å²) >= 11 is 0. The minimum absolute atomic E-state index is 0.373. The third-order valence-corrected chi connectivity index (χ3v) is 3.33. The highest BCUT2D eigenvalue weighted by atomic mass is 16.5. The van der Waals surface area contributed by atoms with Crippen LogP contribution in [0.25, 0.3) is 0 Å². The van der Waals surface area contributed by atoms with Crippen LogP contribution < -0.4 is 15.2 Å². The van der Waals surface area contributed by atoms with Crippen molar-refractivity contribution in [2.75, 3.05) is 20.8 Å². The molecule has 102 valence electrons. The quantitative estimate of drug-likeness (QED) is 0.844. The Hall–Kier alpha value is -1.22. The fourth-order valence-corrected chi connectivity index (χ4v) is 2.12. The molecule has 0 fully saturated rings. The third-order valence-electron chi connectivity index (χ3n) is 3.33. The van der Waals surface area contributed by atoms with Gasteiger partial charge < -0.3 is 15.2 Å². The van der Waals surface area contributed by atoms with Crippen LogP contribution in [-0.4, -0.2) is 20.8 Å². The molecule has 0 aliphatic heterocycles. The van der Waals surface area contributed by atoms with Crippen molar-refractivity contribution in [2.24, 2.45) is 5.73 Å². The van der Waals surface area contributed by atoms with Crippen molar-refractivity contribution in [3.8, 4) is 11.5 Å². The van der Waals surface area contributed by atoms with Gasteiger partial charge in [0.1, 0.15) is 0 Å². The van der Waals surface area contributed by atoms with E-state index in [0.29, 0.717) is 18.4 Å². The molecular weight excluding hydrogens is 226 g/mol. The van der Waals surface area contributed by atoms with E-state index < -0.39 is 0 Å². The Labute approximate surface area is 110 Å². The van der Waals surface area contributed by atoms with Gasteiger partial charge in [0.15, 0.2) is 11.5 Å². The Morgan fingerprint density at radius 1 is 1.11 bits per heavy atom. The predicted molar refractivity (Wildman–Crippen MR) is 75.7 cm³/mol. The normalized spacial score (nSPS) is 12.6. The first-order valence-electron chi connectivity index (χ1n) is 6.51. The zero-order valence-electron chi connectivity index (χ0n) is 12.1. The van der Waals surface area contributed by atoms with Crippen molar-refractivity contribution in [3.05, 3.63) is 23.3 Å². The van der Waals surface area contributed by atoms with Crippen molar-refractivity contribution >= 4 is 0 Å². The fourth-order valence-electron chi connectivity index (χ4n) is 2.12.